The Morgan fingerprint density at radius 1 is 1.26 bits per heavy atom. The van der Waals surface area contributed by atoms with Crippen molar-refractivity contribution in [1.29, 1.82) is 0 Å². The van der Waals surface area contributed by atoms with Gasteiger partial charge >= 0.3 is 6.61 Å². The minimum atomic E-state index is -2.81. The zero-order valence-corrected chi connectivity index (χ0v) is 11.2. The lowest BCUT2D eigenvalue weighted by molar-refractivity contribution is -0.0499. The van der Waals surface area contributed by atoms with Gasteiger partial charge in [-0.1, -0.05) is 12.1 Å². The summed E-state index contributed by atoms with van der Waals surface area (Å²) in [7, 11) is 0. The van der Waals surface area contributed by atoms with Crippen molar-refractivity contribution in [1.82, 2.24) is 0 Å². The number of alkyl halides is 2. The number of hydrogen-bond acceptors (Lipinski definition) is 3. The second-order valence-electron chi connectivity index (χ2n) is 4.43. The first-order valence-electron chi connectivity index (χ1n) is 6.05. The largest absolute Gasteiger partial charge is 0.435 e. The molecule has 19 heavy (non-hydrogen) atoms. The molecule has 0 unspecified atom stereocenters. The van der Waals surface area contributed by atoms with Gasteiger partial charge in [0.25, 0.3) is 0 Å². The molecule has 1 aliphatic heterocycles. The summed E-state index contributed by atoms with van der Waals surface area (Å²) in [5.74, 6) is 0.491. The van der Waals surface area contributed by atoms with Crippen molar-refractivity contribution in [3.8, 4) is 5.75 Å². The fraction of sp³-hybridized carbons (Fsp3) is 0.538. The van der Waals surface area contributed by atoms with Gasteiger partial charge in [-0.25, -0.2) is 0 Å². The summed E-state index contributed by atoms with van der Waals surface area (Å²) in [4.78, 5) is 0. The summed E-state index contributed by atoms with van der Waals surface area (Å²) in [6.07, 6.45) is 1.81. The standard InChI is InChI=1S/C13H17F2NO2.ClH/c14-13(15)18-11-3-1-2-10(8-11)12(16)9-4-6-17-7-5-9;/h1-3,8-9,12-13H,4-7,16H2;1H/t12-;/m0./s1. The lowest BCUT2D eigenvalue weighted by Crippen LogP contribution is -2.27. The first-order valence-corrected chi connectivity index (χ1v) is 6.05. The van der Waals surface area contributed by atoms with Crippen molar-refractivity contribution >= 4 is 12.4 Å². The molecule has 2 N–H and O–H groups in total. The van der Waals surface area contributed by atoms with Gasteiger partial charge in [-0.05, 0) is 36.5 Å². The van der Waals surface area contributed by atoms with E-state index >= 15 is 0 Å². The number of halogens is 3. The van der Waals surface area contributed by atoms with Crippen LogP contribution in [0.5, 0.6) is 5.75 Å². The summed E-state index contributed by atoms with van der Waals surface area (Å²) in [6.45, 7) is -1.38. The van der Waals surface area contributed by atoms with Crippen LogP contribution in [-0.4, -0.2) is 19.8 Å². The van der Waals surface area contributed by atoms with Crippen LogP contribution in [0.15, 0.2) is 24.3 Å². The molecule has 2 rings (SSSR count). The topological polar surface area (TPSA) is 44.5 Å². The molecule has 1 heterocycles. The molecule has 0 spiro atoms. The minimum absolute atomic E-state index is 0. The van der Waals surface area contributed by atoms with Gasteiger partial charge in [-0.3, -0.25) is 0 Å². The maximum absolute atomic E-state index is 12.1. The smallest absolute Gasteiger partial charge is 0.387 e. The number of benzene rings is 1. The zero-order chi connectivity index (χ0) is 13.0. The maximum Gasteiger partial charge on any atom is 0.387 e. The van der Waals surface area contributed by atoms with Crippen molar-refractivity contribution in [3.05, 3.63) is 29.8 Å². The van der Waals surface area contributed by atoms with Crippen LogP contribution in [0, 0.1) is 5.92 Å². The zero-order valence-electron chi connectivity index (χ0n) is 10.4. The number of nitrogens with two attached hydrogens (primary N) is 1. The molecular weight excluding hydrogens is 276 g/mol. The Bertz CT molecular complexity index is 387. The van der Waals surface area contributed by atoms with Crippen LogP contribution in [0.25, 0.3) is 0 Å². The highest BCUT2D eigenvalue weighted by Crippen LogP contribution is 2.29. The van der Waals surface area contributed by atoms with E-state index in [-0.39, 0.29) is 24.2 Å². The van der Waals surface area contributed by atoms with E-state index in [0.717, 1.165) is 18.4 Å². The van der Waals surface area contributed by atoms with Crippen molar-refractivity contribution in [3.63, 3.8) is 0 Å². The molecule has 6 heteroatoms. The van der Waals surface area contributed by atoms with E-state index in [1.54, 1.807) is 12.1 Å². The number of ether oxygens (including phenoxy) is 2. The second-order valence-corrected chi connectivity index (χ2v) is 4.43. The van der Waals surface area contributed by atoms with E-state index in [0.29, 0.717) is 19.1 Å². The highest BCUT2D eigenvalue weighted by Gasteiger charge is 2.22. The van der Waals surface area contributed by atoms with Gasteiger partial charge in [-0.2, -0.15) is 8.78 Å². The highest BCUT2D eigenvalue weighted by molar-refractivity contribution is 5.85. The highest BCUT2D eigenvalue weighted by atomic mass is 35.5. The fourth-order valence-corrected chi connectivity index (χ4v) is 2.25. The van der Waals surface area contributed by atoms with E-state index in [9.17, 15) is 8.78 Å². The summed E-state index contributed by atoms with van der Waals surface area (Å²) in [6, 6.07) is 6.47. The van der Waals surface area contributed by atoms with Gasteiger partial charge < -0.3 is 15.2 Å². The van der Waals surface area contributed by atoms with E-state index in [1.807, 2.05) is 6.07 Å². The Morgan fingerprint density at radius 3 is 2.58 bits per heavy atom. The minimum Gasteiger partial charge on any atom is -0.435 e. The van der Waals surface area contributed by atoms with Crippen LogP contribution in [0.2, 0.25) is 0 Å². The van der Waals surface area contributed by atoms with Crippen molar-refractivity contribution in [2.75, 3.05) is 13.2 Å². The second kappa shape index (κ2) is 7.62. The van der Waals surface area contributed by atoms with E-state index in [2.05, 4.69) is 4.74 Å². The first kappa shape index (κ1) is 16.1. The molecule has 0 aromatic heterocycles. The third-order valence-electron chi connectivity index (χ3n) is 3.24. The van der Waals surface area contributed by atoms with Crippen molar-refractivity contribution < 1.29 is 18.3 Å². The molecule has 1 aliphatic rings. The summed E-state index contributed by atoms with van der Waals surface area (Å²) >= 11 is 0. The Balaban J connectivity index is 0.00000180. The van der Waals surface area contributed by atoms with Crippen LogP contribution in [0.1, 0.15) is 24.4 Å². The summed E-state index contributed by atoms with van der Waals surface area (Å²) in [5.41, 5.74) is 7.00. The molecule has 1 aromatic rings. The van der Waals surface area contributed by atoms with Gasteiger partial charge in [0.05, 0.1) is 0 Å². The lowest BCUT2D eigenvalue weighted by Gasteiger charge is -2.28. The van der Waals surface area contributed by atoms with Crippen LogP contribution >= 0.6 is 12.4 Å². The molecule has 108 valence electrons. The average Bonchev–Trinajstić information content (AvgIpc) is 2.38. The third kappa shape index (κ3) is 4.60. The monoisotopic (exact) mass is 293 g/mol. The van der Waals surface area contributed by atoms with Crippen LogP contribution in [-0.2, 0) is 4.74 Å². The molecule has 1 atom stereocenters. The lowest BCUT2D eigenvalue weighted by atomic mass is 9.88. The molecule has 1 aromatic carbocycles. The van der Waals surface area contributed by atoms with Gasteiger partial charge in [0, 0.05) is 19.3 Å². The molecule has 0 radical (unpaired) electrons. The van der Waals surface area contributed by atoms with Crippen molar-refractivity contribution in [2.45, 2.75) is 25.5 Å². The SMILES string of the molecule is Cl.N[C@H](c1cccc(OC(F)F)c1)C1CCOCC1. The first-order chi connectivity index (χ1) is 8.66. The van der Waals surface area contributed by atoms with Crippen molar-refractivity contribution in [2.24, 2.45) is 11.7 Å². The molecule has 0 bridgehead atoms. The molecule has 1 saturated heterocycles. The molecule has 0 aliphatic carbocycles. The Hall–Kier alpha value is -0.910. The van der Waals surface area contributed by atoms with E-state index in [4.69, 9.17) is 10.5 Å². The van der Waals surface area contributed by atoms with Gasteiger partial charge in [0.2, 0.25) is 0 Å². The number of hydrogen-bond donors (Lipinski definition) is 1. The molecule has 1 fully saturated rings. The normalized spacial score (nSPS) is 17.9. The van der Waals surface area contributed by atoms with Gasteiger partial charge in [-0.15, -0.1) is 12.4 Å². The molecular formula is C13H18ClF2NO2. The molecule has 3 nitrogen and oxygen atoms in total. The Kier molecular flexibility index (Phi) is 6.48. The Labute approximate surface area is 117 Å². The maximum atomic E-state index is 12.1. The van der Waals surface area contributed by atoms with Crippen LogP contribution in [0.4, 0.5) is 8.78 Å². The molecule has 0 amide bonds. The van der Waals surface area contributed by atoms with E-state index in [1.165, 1.54) is 6.07 Å². The third-order valence-corrected chi connectivity index (χ3v) is 3.24. The van der Waals surface area contributed by atoms with Gasteiger partial charge in [0.15, 0.2) is 0 Å². The van der Waals surface area contributed by atoms with Gasteiger partial charge in [0.1, 0.15) is 5.75 Å². The fourth-order valence-electron chi connectivity index (χ4n) is 2.25. The molecule has 0 saturated carbocycles. The quantitative estimate of drug-likeness (QED) is 0.927. The predicted octanol–water partition coefficient (Wildman–Crippen LogP) is 3.14. The Morgan fingerprint density at radius 2 is 1.95 bits per heavy atom. The average molecular weight is 294 g/mol. The van der Waals surface area contributed by atoms with Crippen LogP contribution < -0.4 is 10.5 Å². The predicted molar refractivity (Wildman–Crippen MR) is 70.8 cm³/mol. The number of rotatable bonds is 4. The van der Waals surface area contributed by atoms with Crippen LogP contribution in [0.3, 0.4) is 0 Å². The summed E-state index contributed by atoms with van der Waals surface area (Å²) < 4.78 is 33.9. The van der Waals surface area contributed by atoms with E-state index < -0.39 is 6.61 Å². The summed E-state index contributed by atoms with van der Waals surface area (Å²) in [5, 5.41) is 0.